The van der Waals surface area contributed by atoms with Gasteiger partial charge < -0.3 is 20.1 Å². The second kappa shape index (κ2) is 11.0. The van der Waals surface area contributed by atoms with Crippen LogP contribution < -0.4 is 10.6 Å². The van der Waals surface area contributed by atoms with Gasteiger partial charge in [-0.2, -0.15) is 0 Å². The average Bonchev–Trinajstić information content (AvgIpc) is 2.74. The van der Waals surface area contributed by atoms with Crippen LogP contribution in [0.1, 0.15) is 51.9 Å². The van der Waals surface area contributed by atoms with Crippen LogP contribution in [-0.4, -0.2) is 75.5 Å². The zero-order valence-corrected chi connectivity index (χ0v) is 17.1. The highest BCUT2D eigenvalue weighted by molar-refractivity contribution is 5.79. The first-order valence-corrected chi connectivity index (χ1v) is 10.9. The van der Waals surface area contributed by atoms with Crippen LogP contribution in [0.5, 0.6) is 0 Å². The number of hydrogen-bond acceptors (Lipinski definition) is 4. The largest absolute Gasteiger partial charge is 0.379 e. The van der Waals surface area contributed by atoms with Crippen LogP contribution in [0.15, 0.2) is 16.6 Å². The predicted octanol–water partition coefficient (Wildman–Crippen LogP) is 2.31. The van der Waals surface area contributed by atoms with Crippen LogP contribution in [0.2, 0.25) is 0 Å². The topological polar surface area (TPSA) is 58.1 Å². The van der Waals surface area contributed by atoms with E-state index < -0.39 is 0 Å². The Hall–Kier alpha value is -1.11. The van der Waals surface area contributed by atoms with Crippen LogP contribution in [0.3, 0.4) is 0 Å². The minimum absolute atomic E-state index is 0.230. The summed E-state index contributed by atoms with van der Waals surface area (Å²) in [7, 11) is 0. The Morgan fingerprint density at radius 2 is 1.93 bits per heavy atom. The fraction of sp³-hybridized carbons (Fsp3) is 0.857. The van der Waals surface area contributed by atoms with Crippen molar-refractivity contribution < 1.29 is 9.47 Å². The molecule has 3 rings (SSSR count). The van der Waals surface area contributed by atoms with E-state index in [9.17, 15) is 0 Å². The van der Waals surface area contributed by atoms with Gasteiger partial charge in [0.15, 0.2) is 5.96 Å². The third-order valence-electron chi connectivity index (χ3n) is 6.14. The highest BCUT2D eigenvalue weighted by atomic mass is 16.5. The number of aliphatic imine (C=N–C) groups is 1. The normalized spacial score (nSPS) is 24.3. The molecule has 0 spiro atoms. The minimum Gasteiger partial charge on any atom is -0.379 e. The molecule has 154 valence electrons. The van der Waals surface area contributed by atoms with Gasteiger partial charge in [-0.1, -0.05) is 30.9 Å². The fourth-order valence-electron chi connectivity index (χ4n) is 4.52. The molecule has 2 aliphatic heterocycles. The van der Waals surface area contributed by atoms with Crippen molar-refractivity contribution in [2.24, 2.45) is 4.99 Å². The molecular weight excluding hydrogens is 340 g/mol. The summed E-state index contributed by atoms with van der Waals surface area (Å²) in [4.78, 5) is 7.70. The second-order valence-electron chi connectivity index (χ2n) is 7.94. The lowest BCUT2D eigenvalue weighted by molar-refractivity contribution is -0.0333. The molecule has 0 bridgehead atoms. The van der Waals surface area contributed by atoms with Gasteiger partial charge in [-0.15, -0.1) is 0 Å². The number of nitrogens with one attached hydrogen (secondary N) is 2. The van der Waals surface area contributed by atoms with Crippen molar-refractivity contribution in [1.29, 1.82) is 0 Å². The molecule has 1 saturated carbocycles. The first kappa shape index (κ1) is 20.6. The molecule has 2 fully saturated rings. The highest BCUT2D eigenvalue weighted by Crippen LogP contribution is 2.34. The fourth-order valence-corrected chi connectivity index (χ4v) is 4.52. The van der Waals surface area contributed by atoms with Crippen molar-refractivity contribution in [1.82, 2.24) is 15.5 Å². The SMILES string of the molecule is CCNC(=NCC1(N2CCOCC2)CCCCC1)NCCC1=CCOCC1. The minimum atomic E-state index is 0.230. The molecule has 3 aliphatic rings. The molecule has 2 N–H and O–H groups in total. The molecular formula is C21H38N4O2. The highest BCUT2D eigenvalue weighted by Gasteiger charge is 2.38. The second-order valence-corrected chi connectivity index (χ2v) is 7.94. The molecule has 1 aliphatic carbocycles. The van der Waals surface area contributed by atoms with Gasteiger partial charge in [-0.25, -0.2) is 0 Å². The van der Waals surface area contributed by atoms with Gasteiger partial charge in [0, 0.05) is 31.7 Å². The Kier molecular flexibility index (Phi) is 8.42. The van der Waals surface area contributed by atoms with E-state index in [-0.39, 0.29) is 5.54 Å². The van der Waals surface area contributed by atoms with E-state index in [1.54, 1.807) is 0 Å². The molecule has 0 aromatic carbocycles. The lowest BCUT2D eigenvalue weighted by Gasteiger charge is -2.47. The summed E-state index contributed by atoms with van der Waals surface area (Å²) in [5, 5.41) is 6.97. The third kappa shape index (κ3) is 6.19. The van der Waals surface area contributed by atoms with Gasteiger partial charge in [-0.3, -0.25) is 9.89 Å². The van der Waals surface area contributed by atoms with Crippen LogP contribution in [-0.2, 0) is 9.47 Å². The Morgan fingerprint density at radius 1 is 1.11 bits per heavy atom. The maximum absolute atomic E-state index is 5.59. The van der Waals surface area contributed by atoms with Crippen molar-refractivity contribution in [2.45, 2.75) is 57.4 Å². The van der Waals surface area contributed by atoms with Gasteiger partial charge >= 0.3 is 0 Å². The maximum Gasteiger partial charge on any atom is 0.191 e. The van der Waals surface area contributed by atoms with E-state index in [4.69, 9.17) is 14.5 Å². The van der Waals surface area contributed by atoms with Crippen molar-refractivity contribution in [3.63, 3.8) is 0 Å². The zero-order chi connectivity index (χ0) is 18.8. The summed E-state index contributed by atoms with van der Waals surface area (Å²) in [5.74, 6) is 0.961. The number of ether oxygens (including phenoxy) is 2. The Labute approximate surface area is 164 Å². The van der Waals surface area contributed by atoms with Gasteiger partial charge in [0.25, 0.3) is 0 Å². The Bertz CT molecular complexity index is 494. The third-order valence-corrected chi connectivity index (χ3v) is 6.14. The molecule has 0 aromatic rings. The molecule has 2 heterocycles. The van der Waals surface area contributed by atoms with E-state index in [0.29, 0.717) is 0 Å². The Balaban J connectivity index is 1.57. The van der Waals surface area contributed by atoms with Gasteiger partial charge in [0.05, 0.1) is 33.0 Å². The van der Waals surface area contributed by atoms with Gasteiger partial charge in [0.1, 0.15) is 0 Å². The quantitative estimate of drug-likeness (QED) is 0.404. The number of hydrogen-bond donors (Lipinski definition) is 2. The monoisotopic (exact) mass is 378 g/mol. The summed E-state index contributed by atoms with van der Waals surface area (Å²) in [6.07, 6.45) is 10.9. The first-order chi connectivity index (χ1) is 13.3. The summed E-state index contributed by atoms with van der Waals surface area (Å²) >= 11 is 0. The summed E-state index contributed by atoms with van der Waals surface area (Å²) in [5.41, 5.74) is 1.73. The molecule has 6 heteroatoms. The van der Waals surface area contributed by atoms with Crippen LogP contribution >= 0.6 is 0 Å². The molecule has 0 unspecified atom stereocenters. The van der Waals surface area contributed by atoms with E-state index in [2.05, 4.69) is 28.5 Å². The lowest BCUT2D eigenvalue weighted by atomic mass is 9.80. The predicted molar refractivity (Wildman–Crippen MR) is 110 cm³/mol. The van der Waals surface area contributed by atoms with Crippen molar-refractivity contribution >= 4 is 5.96 Å². The van der Waals surface area contributed by atoms with Crippen molar-refractivity contribution in [3.05, 3.63) is 11.6 Å². The lowest BCUT2D eigenvalue weighted by Crippen LogP contribution is -2.56. The molecule has 27 heavy (non-hydrogen) atoms. The van der Waals surface area contributed by atoms with E-state index in [1.165, 1.54) is 37.7 Å². The van der Waals surface area contributed by atoms with Crippen LogP contribution in [0, 0.1) is 0 Å². The number of guanidine groups is 1. The van der Waals surface area contributed by atoms with Crippen LogP contribution in [0.25, 0.3) is 0 Å². The van der Waals surface area contributed by atoms with Crippen molar-refractivity contribution in [3.8, 4) is 0 Å². The molecule has 6 nitrogen and oxygen atoms in total. The number of rotatable bonds is 7. The molecule has 0 atom stereocenters. The molecule has 0 radical (unpaired) electrons. The zero-order valence-electron chi connectivity index (χ0n) is 17.1. The summed E-state index contributed by atoms with van der Waals surface area (Å²) in [6.45, 7) is 10.3. The van der Waals surface area contributed by atoms with Crippen LogP contribution in [0.4, 0.5) is 0 Å². The van der Waals surface area contributed by atoms with E-state index >= 15 is 0 Å². The number of nitrogens with zero attached hydrogens (tertiary/aromatic N) is 2. The van der Waals surface area contributed by atoms with Gasteiger partial charge in [0.2, 0.25) is 0 Å². The Morgan fingerprint density at radius 3 is 2.63 bits per heavy atom. The van der Waals surface area contributed by atoms with E-state index in [0.717, 1.165) is 78.0 Å². The standard InChI is InChI=1S/C21H38N4O2/c1-2-22-20(23-11-6-19-7-14-26-15-8-19)24-18-21(9-4-3-5-10-21)25-12-16-27-17-13-25/h7H,2-6,8-18H2,1H3,(H2,22,23,24). The number of morpholine rings is 1. The summed E-state index contributed by atoms with van der Waals surface area (Å²) < 4.78 is 11.0. The summed E-state index contributed by atoms with van der Waals surface area (Å²) in [6, 6.07) is 0. The average molecular weight is 379 g/mol. The molecule has 0 aromatic heterocycles. The maximum atomic E-state index is 5.59. The van der Waals surface area contributed by atoms with Crippen molar-refractivity contribution in [2.75, 3.05) is 59.2 Å². The van der Waals surface area contributed by atoms with Gasteiger partial charge in [-0.05, 0) is 32.6 Å². The molecule has 0 amide bonds. The molecule has 1 saturated heterocycles. The van der Waals surface area contributed by atoms with E-state index in [1.807, 2.05) is 0 Å². The first-order valence-electron chi connectivity index (χ1n) is 10.9. The smallest absolute Gasteiger partial charge is 0.191 e.